The maximum atomic E-state index is 12.3. The molecule has 7 nitrogen and oxygen atoms in total. The monoisotopic (exact) mass is 312 g/mol. The highest BCUT2D eigenvalue weighted by Crippen LogP contribution is 2.15. The highest BCUT2D eigenvalue weighted by molar-refractivity contribution is 6.05. The molecule has 0 unspecified atom stereocenters. The van der Waals surface area contributed by atoms with Crippen LogP contribution in [0.5, 0.6) is 0 Å². The number of amides is 1. The van der Waals surface area contributed by atoms with Crippen molar-refractivity contribution in [2.45, 2.75) is 27.3 Å². The first kappa shape index (κ1) is 15.0. The van der Waals surface area contributed by atoms with Gasteiger partial charge in [0.25, 0.3) is 11.5 Å². The third kappa shape index (κ3) is 2.73. The molecule has 118 valence electrons. The summed E-state index contributed by atoms with van der Waals surface area (Å²) in [6.07, 6.45) is 0. The van der Waals surface area contributed by atoms with Crippen molar-refractivity contribution in [1.82, 2.24) is 14.7 Å². The molecule has 0 spiro atoms. The van der Waals surface area contributed by atoms with E-state index in [-0.39, 0.29) is 11.5 Å². The number of aromatic nitrogens is 3. The van der Waals surface area contributed by atoms with E-state index in [0.29, 0.717) is 40.4 Å². The van der Waals surface area contributed by atoms with Crippen molar-refractivity contribution < 1.29 is 9.32 Å². The Hall–Kier alpha value is -2.96. The molecule has 3 aromatic rings. The van der Waals surface area contributed by atoms with Gasteiger partial charge in [0.15, 0.2) is 5.82 Å². The van der Waals surface area contributed by atoms with E-state index < -0.39 is 0 Å². The predicted octanol–water partition coefficient (Wildman–Crippen LogP) is 2.27. The van der Waals surface area contributed by atoms with Crippen LogP contribution in [-0.2, 0) is 6.54 Å². The summed E-state index contributed by atoms with van der Waals surface area (Å²) >= 11 is 0. The first-order valence-corrected chi connectivity index (χ1v) is 7.25. The molecular weight excluding hydrogens is 296 g/mol. The maximum absolute atomic E-state index is 12.3. The lowest BCUT2D eigenvalue weighted by atomic mass is 10.1. The minimum atomic E-state index is -0.311. The molecule has 0 saturated carbocycles. The lowest BCUT2D eigenvalue weighted by Crippen LogP contribution is -2.23. The first-order chi connectivity index (χ1) is 11.0. The van der Waals surface area contributed by atoms with Gasteiger partial charge in [-0.2, -0.15) is 0 Å². The Bertz CT molecular complexity index is 956. The van der Waals surface area contributed by atoms with Crippen LogP contribution in [0.4, 0.5) is 5.82 Å². The molecule has 3 rings (SSSR count). The van der Waals surface area contributed by atoms with Crippen LogP contribution >= 0.6 is 0 Å². The number of carbonyl (C=O) groups is 1. The summed E-state index contributed by atoms with van der Waals surface area (Å²) in [5.74, 6) is 0.659. The highest BCUT2D eigenvalue weighted by Gasteiger charge is 2.12. The van der Waals surface area contributed by atoms with Crippen LogP contribution in [0.2, 0.25) is 0 Å². The number of aryl methyl sites for hydroxylation is 3. The fourth-order valence-electron chi connectivity index (χ4n) is 2.44. The average molecular weight is 312 g/mol. The third-order valence-electron chi connectivity index (χ3n) is 3.56. The van der Waals surface area contributed by atoms with Crippen LogP contribution in [0.1, 0.15) is 28.7 Å². The first-order valence-electron chi connectivity index (χ1n) is 7.25. The van der Waals surface area contributed by atoms with Gasteiger partial charge in [0.05, 0.1) is 11.0 Å². The van der Waals surface area contributed by atoms with Gasteiger partial charge < -0.3 is 14.4 Å². The quantitative estimate of drug-likeness (QED) is 0.801. The summed E-state index contributed by atoms with van der Waals surface area (Å²) in [6, 6.07) is 6.69. The number of rotatable bonds is 3. The Morgan fingerprint density at radius 3 is 2.74 bits per heavy atom. The number of anilines is 1. The summed E-state index contributed by atoms with van der Waals surface area (Å²) in [4.78, 5) is 28.7. The molecule has 0 atom stereocenters. The van der Waals surface area contributed by atoms with E-state index in [9.17, 15) is 9.59 Å². The zero-order valence-electron chi connectivity index (χ0n) is 13.1. The minimum Gasteiger partial charge on any atom is -0.360 e. The average Bonchev–Trinajstić information content (AvgIpc) is 2.93. The molecule has 7 heteroatoms. The molecule has 1 N–H and O–H groups in total. The third-order valence-corrected chi connectivity index (χ3v) is 3.56. The largest absolute Gasteiger partial charge is 0.360 e. The summed E-state index contributed by atoms with van der Waals surface area (Å²) in [6.45, 7) is 5.85. The number of hydrogen-bond acceptors (Lipinski definition) is 5. The second kappa shape index (κ2) is 5.68. The van der Waals surface area contributed by atoms with Gasteiger partial charge >= 0.3 is 0 Å². The summed E-state index contributed by atoms with van der Waals surface area (Å²) < 4.78 is 6.55. The van der Waals surface area contributed by atoms with E-state index in [1.807, 2.05) is 6.92 Å². The highest BCUT2D eigenvalue weighted by atomic mass is 16.5. The molecule has 0 fully saturated rings. The van der Waals surface area contributed by atoms with Crippen molar-refractivity contribution >= 4 is 22.8 Å². The second-order valence-electron chi connectivity index (χ2n) is 5.23. The van der Waals surface area contributed by atoms with Crippen LogP contribution in [-0.4, -0.2) is 20.6 Å². The fraction of sp³-hybridized carbons (Fsp3) is 0.250. The predicted molar refractivity (Wildman–Crippen MR) is 85.6 cm³/mol. The summed E-state index contributed by atoms with van der Waals surface area (Å²) in [5, 5.41) is 6.39. The van der Waals surface area contributed by atoms with Crippen molar-refractivity contribution in [3.05, 3.63) is 51.6 Å². The standard InChI is InChI=1S/C16H16N4O3/c1-4-20-13-6-5-11(8-12(13)17-10(3)16(20)22)15(21)18-14-7-9(2)23-19-14/h5-8H,4H2,1-3H3,(H,18,19,21). The van der Waals surface area contributed by atoms with Crippen LogP contribution in [0.15, 0.2) is 33.6 Å². The molecule has 0 aliphatic rings. The topological polar surface area (TPSA) is 90.0 Å². The molecule has 2 aromatic heterocycles. The number of hydrogen-bond donors (Lipinski definition) is 1. The Morgan fingerprint density at radius 2 is 2.09 bits per heavy atom. The lowest BCUT2D eigenvalue weighted by Gasteiger charge is -2.09. The molecular formula is C16H16N4O3. The SMILES string of the molecule is CCn1c(=O)c(C)nc2cc(C(=O)Nc3cc(C)on3)ccc21. The van der Waals surface area contributed by atoms with Gasteiger partial charge in [0.1, 0.15) is 11.5 Å². The second-order valence-corrected chi connectivity index (χ2v) is 5.23. The maximum Gasteiger partial charge on any atom is 0.272 e. The van der Waals surface area contributed by atoms with Crippen molar-refractivity contribution in [2.24, 2.45) is 0 Å². The van der Waals surface area contributed by atoms with Crippen molar-refractivity contribution in [3.8, 4) is 0 Å². The van der Waals surface area contributed by atoms with E-state index in [4.69, 9.17) is 4.52 Å². The minimum absolute atomic E-state index is 0.115. The molecule has 1 amide bonds. The summed E-state index contributed by atoms with van der Waals surface area (Å²) in [5.41, 5.74) is 2.04. The van der Waals surface area contributed by atoms with Gasteiger partial charge in [0, 0.05) is 18.2 Å². The van der Waals surface area contributed by atoms with Gasteiger partial charge in [-0.15, -0.1) is 0 Å². The smallest absolute Gasteiger partial charge is 0.272 e. The Morgan fingerprint density at radius 1 is 1.30 bits per heavy atom. The van der Waals surface area contributed by atoms with Crippen molar-refractivity contribution in [3.63, 3.8) is 0 Å². The molecule has 23 heavy (non-hydrogen) atoms. The van der Waals surface area contributed by atoms with Gasteiger partial charge in [-0.05, 0) is 39.0 Å². The Kier molecular flexibility index (Phi) is 3.69. The van der Waals surface area contributed by atoms with E-state index >= 15 is 0 Å². The Labute approximate surface area is 131 Å². The number of fused-ring (bicyclic) bond motifs is 1. The van der Waals surface area contributed by atoms with Crippen LogP contribution < -0.4 is 10.9 Å². The van der Waals surface area contributed by atoms with Gasteiger partial charge in [-0.1, -0.05) is 5.16 Å². The summed E-state index contributed by atoms with van der Waals surface area (Å²) in [7, 11) is 0. The zero-order chi connectivity index (χ0) is 16.6. The number of carbonyl (C=O) groups excluding carboxylic acids is 1. The van der Waals surface area contributed by atoms with E-state index in [2.05, 4.69) is 15.5 Å². The van der Waals surface area contributed by atoms with Gasteiger partial charge in [-0.25, -0.2) is 4.98 Å². The van der Waals surface area contributed by atoms with Crippen LogP contribution in [0.25, 0.3) is 11.0 Å². The van der Waals surface area contributed by atoms with Gasteiger partial charge in [0.2, 0.25) is 0 Å². The molecule has 0 saturated heterocycles. The molecule has 1 aromatic carbocycles. The van der Waals surface area contributed by atoms with E-state index in [1.165, 1.54) is 0 Å². The van der Waals surface area contributed by atoms with Gasteiger partial charge in [-0.3, -0.25) is 9.59 Å². The van der Waals surface area contributed by atoms with E-state index in [1.54, 1.807) is 42.7 Å². The molecule has 0 bridgehead atoms. The van der Waals surface area contributed by atoms with Crippen LogP contribution in [0.3, 0.4) is 0 Å². The molecule has 2 heterocycles. The van der Waals surface area contributed by atoms with Crippen molar-refractivity contribution in [2.75, 3.05) is 5.32 Å². The normalized spacial score (nSPS) is 10.9. The molecule has 0 aliphatic heterocycles. The fourth-order valence-corrected chi connectivity index (χ4v) is 2.44. The molecule has 0 aliphatic carbocycles. The zero-order valence-corrected chi connectivity index (χ0v) is 13.1. The van der Waals surface area contributed by atoms with Crippen LogP contribution in [0, 0.1) is 13.8 Å². The number of benzene rings is 1. The van der Waals surface area contributed by atoms with Crippen molar-refractivity contribution in [1.29, 1.82) is 0 Å². The number of nitrogens with zero attached hydrogens (tertiary/aromatic N) is 3. The lowest BCUT2D eigenvalue weighted by molar-refractivity contribution is 0.102. The Balaban J connectivity index is 2.01. The van der Waals surface area contributed by atoms with E-state index in [0.717, 1.165) is 0 Å². The molecule has 0 radical (unpaired) electrons. The number of nitrogens with one attached hydrogen (secondary N) is 1.